The van der Waals surface area contributed by atoms with Crippen LogP contribution in [0.3, 0.4) is 0 Å². The maximum atomic E-state index is 13.0. The van der Waals surface area contributed by atoms with E-state index in [1.807, 2.05) is 41.4 Å². The lowest BCUT2D eigenvalue weighted by Crippen LogP contribution is -2.57. The molecule has 3 rings (SSSR count). The summed E-state index contributed by atoms with van der Waals surface area (Å²) in [7, 11) is 0. The number of nitrogens with zero attached hydrogens (tertiary/aromatic N) is 4. The highest BCUT2D eigenvalue weighted by molar-refractivity contribution is 5.85. The van der Waals surface area contributed by atoms with Gasteiger partial charge >= 0.3 is 0 Å². The topological polar surface area (TPSA) is 85.7 Å². The van der Waals surface area contributed by atoms with Crippen LogP contribution in [0, 0.1) is 11.5 Å². The van der Waals surface area contributed by atoms with Gasteiger partial charge in [0, 0.05) is 18.8 Å². The van der Waals surface area contributed by atoms with Gasteiger partial charge < -0.3 is 15.5 Å². The van der Waals surface area contributed by atoms with Crippen LogP contribution in [0.4, 0.5) is 0 Å². The van der Waals surface area contributed by atoms with Crippen molar-refractivity contribution in [1.29, 1.82) is 5.26 Å². The van der Waals surface area contributed by atoms with Crippen molar-refractivity contribution in [3.05, 3.63) is 35.9 Å². The number of carbonyl (C=O) groups excluding carboxylic acids is 1. The maximum Gasteiger partial charge on any atom is 0.240 e. The van der Waals surface area contributed by atoms with E-state index < -0.39 is 6.04 Å². The quantitative estimate of drug-likeness (QED) is 0.637. The van der Waals surface area contributed by atoms with E-state index in [0.717, 1.165) is 31.5 Å². The lowest BCUT2D eigenvalue weighted by atomic mass is 9.93. The lowest BCUT2D eigenvalue weighted by Gasteiger charge is -2.44. The van der Waals surface area contributed by atoms with Crippen molar-refractivity contribution in [2.45, 2.75) is 56.7 Å². The van der Waals surface area contributed by atoms with Crippen molar-refractivity contribution in [3.8, 4) is 6.19 Å². The first-order valence-electron chi connectivity index (χ1n) is 9.95. The molecule has 2 saturated heterocycles. The zero-order valence-electron chi connectivity index (χ0n) is 15.8. The van der Waals surface area contributed by atoms with Crippen molar-refractivity contribution in [2.75, 3.05) is 19.6 Å². The fraction of sp³-hybridized carbons (Fsp3) is 0.571. The molecule has 2 aliphatic rings. The monoisotopic (exact) mass is 367 g/mol. The van der Waals surface area contributed by atoms with Crippen molar-refractivity contribution in [2.24, 2.45) is 10.7 Å². The number of rotatable bonds is 5. The van der Waals surface area contributed by atoms with Gasteiger partial charge in [-0.05, 0) is 50.8 Å². The van der Waals surface area contributed by atoms with Gasteiger partial charge in [-0.3, -0.25) is 4.79 Å². The van der Waals surface area contributed by atoms with E-state index in [9.17, 15) is 4.79 Å². The Morgan fingerprint density at radius 2 is 2.00 bits per heavy atom. The molecule has 0 saturated carbocycles. The normalized spacial score (nSPS) is 25.3. The summed E-state index contributed by atoms with van der Waals surface area (Å²) in [5.41, 5.74) is 7.30. The molecule has 3 atom stereocenters. The first kappa shape index (κ1) is 19.5. The Hall–Kier alpha value is -2.23. The van der Waals surface area contributed by atoms with E-state index >= 15 is 0 Å². The fourth-order valence-electron chi connectivity index (χ4n) is 4.30. The van der Waals surface area contributed by atoms with E-state index in [-0.39, 0.29) is 11.9 Å². The number of carbonyl (C=O) groups is 1. The predicted octanol–water partition coefficient (Wildman–Crippen LogP) is 1.95. The molecule has 6 heteroatoms. The van der Waals surface area contributed by atoms with Gasteiger partial charge in [0.15, 0.2) is 0 Å². The van der Waals surface area contributed by atoms with Gasteiger partial charge in [0.25, 0.3) is 0 Å². The highest BCUT2D eigenvalue weighted by Crippen LogP contribution is 2.25. The summed E-state index contributed by atoms with van der Waals surface area (Å²) in [6, 6.07) is 9.58. The summed E-state index contributed by atoms with van der Waals surface area (Å²) in [5, 5.41) is 8.85. The number of hydrogen-bond acceptors (Lipinski definition) is 5. The van der Waals surface area contributed by atoms with Gasteiger partial charge in [-0.2, -0.15) is 10.3 Å². The number of nitriles is 1. The SMILES string of the molecule is N#CN=CC1CC(N2CCCCC2)CCN1C(=O)[C@H](N)Cc1ccccc1. The second kappa shape index (κ2) is 9.63. The van der Waals surface area contributed by atoms with Gasteiger partial charge in [0.1, 0.15) is 0 Å². The molecule has 0 aromatic heterocycles. The minimum Gasteiger partial charge on any atom is -0.333 e. The maximum absolute atomic E-state index is 13.0. The molecular formula is C21H29N5O. The number of likely N-dealkylation sites (tertiary alicyclic amines) is 2. The first-order chi connectivity index (χ1) is 13.2. The molecule has 1 aromatic carbocycles. The van der Waals surface area contributed by atoms with Crippen LogP contribution in [-0.4, -0.2) is 59.7 Å². The standard InChI is InChI=1S/C21H29N5O/c22-16-24-15-19-14-18(25-10-5-2-6-11-25)9-12-26(19)21(27)20(23)13-17-7-3-1-4-8-17/h1,3-4,7-8,15,18-20H,2,5-6,9-14,23H2/t18?,19?,20-/m1/s1. The number of aliphatic imine (C=N–C) groups is 1. The summed E-state index contributed by atoms with van der Waals surface area (Å²) < 4.78 is 0. The average molecular weight is 367 g/mol. The second-order valence-electron chi connectivity index (χ2n) is 7.55. The van der Waals surface area contributed by atoms with Crippen LogP contribution < -0.4 is 5.73 Å². The van der Waals surface area contributed by atoms with Crippen molar-refractivity contribution < 1.29 is 4.79 Å². The molecule has 1 aromatic rings. The van der Waals surface area contributed by atoms with Crippen LogP contribution in [0.25, 0.3) is 0 Å². The number of amides is 1. The average Bonchev–Trinajstić information content (AvgIpc) is 2.73. The predicted molar refractivity (Wildman–Crippen MR) is 106 cm³/mol. The summed E-state index contributed by atoms with van der Waals surface area (Å²) in [6.07, 6.45) is 9.56. The van der Waals surface area contributed by atoms with Gasteiger partial charge in [-0.1, -0.05) is 36.8 Å². The Labute approximate surface area is 161 Å². The molecule has 6 nitrogen and oxygen atoms in total. The molecule has 27 heavy (non-hydrogen) atoms. The van der Waals surface area contributed by atoms with Crippen LogP contribution >= 0.6 is 0 Å². The van der Waals surface area contributed by atoms with E-state index in [1.165, 1.54) is 19.3 Å². The van der Waals surface area contributed by atoms with E-state index in [4.69, 9.17) is 11.0 Å². The highest BCUT2D eigenvalue weighted by atomic mass is 16.2. The summed E-state index contributed by atoms with van der Waals surface area (Å²) in [6.45, 7) is 2.94. The third-order valence-corrected chi connectivity index (χ3v) is 5.73. The molecule has 2 fully saturated rings. The Morgan fingerprint density at radius 1 is 1.26 bits per heavy atom. The number of piperidine rings is 2. The summed E-state index contributed by atoms with van der Waals surface area (Å²) in [4.78, 5) is 21.2. The molecule has 0 radical (unpaired) electrons. The molecule has 0 spiro atoms. The van der Waals surface area contributed by atoms with Crippen LogP contribution in [-0.2, 0) is 11.2 Å². The van der Waals surface area contributed by atoms with E-state index in [2.05, 4.69) is 9.89 Å². The van der Waals surface area contributed by atoms with Gasteiger partial charge in [0.2, 0.25) is 12.1 Å². The van der Waals surface area contributed by atoms with Crippen LogP contribution in [0.1, 0.15) is 37.7 Å². The van der Waals surface area contributed by atoms with Crippen LogP contribution in [0.15, 0.2) is 35.3 Å². The van der Waals surface area contributed by atoms with E-state index in [0.29, 0.717) is 19.0 Å². The Kier molecular flexibility index (Phi) is 6.97. The Morgan fingerprint density at radius 3 is 2.70 bits per heavy atom. The van der Waals surface area contributed by atoms with Gasteiger partial charge in [-0.15, -0.1) is 0 Å². The van der Waals surface area contributed by atoms with Gasteiger partial charge in [-0.25, -0.2) is 0 Å². The zero-order valence-corrected chi connectivity index (χ0v) is 15.8. The largest absolute Gasteiger partial charge is 0.333 e. The molecule has 2 N–H and O–H groups in total. The molecular weight excluding hydrogens is 338 g/mol. The van der Waals surface area contributed by atoms with Gasteiger partial charge in [0.05, 0.1) is 12.1 Å². The van der Waals surface area contributed by atoms with Crippen LogP contribution in [0.5, 0.6) is 0 Å². The Bertz CT molecular complexity index is 678. The summed E-state index contributed by atoms with van der Waals surface area (Å²) in [5.74, 6) is -0.0506. The first-order valence-corrected chi connectivity index (χ1v) is 9.95. The van der Waals surface area contributed by atoms with E-state index in [1.54, 1.807) is 6.21 Å². The zero-order chi connectivity index (χ0) is 19.1. The highest BCUT2D eigenvalue weighted by Gasteiger charge is 2.35. The van der Waals surface area contributed by atoms with Crippen molar-refractivity contribution >= 4 is 12.1 Å². The molecule has 2 aliphatic heterocycles. The molecule has 2 unspecified atom stereocenters. The minimum absolute atomic E-state index is 0.0506. The third-order valence-electron chi connectivity index (χ3n) is 5.73. The number of hydrogen-bond donors (Lipinski definition) is 1. The molecule has 0 bridgehead atoms. The smallest absolute Gasteiger partial charge is 0.240 e. The molecule has 2 heterocycles. The number of benzene rings is 1. The Balaban J connectivity index is 1.66. The van der Waals surface area contributed by atoms with Crippen molar-refractivity contribution in [3.63, 3.8) is 0 Å². The summed E-state index contributed by atoms with van der Waals surface area (Å²) >= 11 is 0. The minimum atomic E-state index is -0.572. The second-order valence-corrected chi connectivity index (χ2v) is 7.55. The van der Waals surface area contributed by atoms with Crippen LogP contribution in [0.2, 0.25) is 0 Å². The third kappa shape index (κ3) is 5.15. The lowest BCUT2D eigenvalue weighted by molar-refractivity contribution is -0.135. The molecule has 144 valence electrons. The molecule has 0 aliphatic carbocycles. The number of nitrogens with two attached hydrogens (primary N) is 1. The molecule has 1 amide bonds. The fourth-order valence-corrected chi connectivity index (χ4v) is 4.30. The van der Waals surface area contributed by atoms with Crippen molar-refractivity contribution in [1.82, 2.24) is 9.80 Å².